The van der Waals surface area contributed by atoms with Gasteiger partial charge in [-0.1, -0.05) is 55.7 Å². The van der Waals surface area contributed by atoms with E-state index in [0.717, 1.165) is 17.2 Å². The number of rotatable bonds is 5. The molecule has 1 saturated carbocycles. The highest BCUT2D eigenvalue weighted by molar-refractivity contribution is 5.28. The van der Waals surface area contributed by atoms with Gasteiger partial charge < -0.3 is 9.84 Å². The molecule has 3 rings (SSSR count). The maximum atomic E-state index is 9.03. The standard InChI is InChI=1S/C20H24O2/c21-14-16-8-12-20(13-9-16)22-15-17-6-10-19(11-7-17)18-4-2-1-3-5-18/h6-13,18,21H,1-5,14-15H2. The van der Waals surface area contributed by atoms with Crippen molar-refractivity contribution in [1.82, 2.24) is 0 Å². The summed E-state index contributed by atoms with van der Waals surface area (Å²) in [6.45, 7) is 0.659. The summed E-state index contributed by atoms with van der Waals surface area (Å²) >= 11 is 0. The monoisotopic (exact) mass is 296 g/mol. The largest absolute Gasteiger partial charge is 0.489 e. The Bertz CT molecular complexity index is 566. The molecule has 2 nitrogen and oxygen atoms in total. The Morgan fingerprint density at radius 3 is 2.09 bits per heavy atom. The summed E-state index contributed by atoms with van der Waals surface area (Å²) in [5.74, 6) is 1.60. The summed E-state index contributed by atoms with van der Waals surface area (Å²) in [4.78, 5) is 0. The first kappa shape index (κ1) is 15.1. The molecule has 0 heterocycles. The van der Waals surface area contributed by atoms with Crippen LogP contribution >= 0.6 is 0 Å². The highest BCUT2D eigenvalue weighted by Gasteiger charge is 2.14. The Balaban J connectivity index is 1.56. The molecule has 1 N–H and O–H groups in total. The predicted octanol–water partition coefficient (Wildman–Crippen LogP) is 4.81. The minimum Gasteiger partial charge on any atom is -0.489 e. The lowest BCUT2D eigenvalue weighted by atomic mass is 9.84. The molecule has 1 aliphatic rings. The van der Waals surface area contributed by atoms with Crippen LogP contribution < -0.4 is 4.74 Å². The molecule has 2 aromatic carbocycles. The van der Waals surface area contributed by atoms with E-state index in [1.165, 1.54) is 43.2 Å². The van der Waals surface area contributed by atoms with Crippen LogP contribution in [0, 0.1) is 0 Å². The van der Waals surface area contributed by atoms with Gasteiger partial charge in [0.15, 0.2) is 0 Å². The Hall–Kier alpha value is -1.80. The second-order valence-corrected chi connectivity index (χ2v) is 6.17. The maximum absolute atomic E-state index is 9.03. The number of ether oxygens (including phenoxy) is 1. The number of hydrogen-bond donors (Lipinski definition) is 1. The third kappa shape index (κ3) is 3.89. The van der Waals surface area contributed by atoms with Crippen LogP contribution in [0.1, 0.15) is 54.7 Å². The van der Waals surface area contributed by atoms with Crippen molar-refractivity contribution in [3.05, 3.63) is 65.2 Å². The fourth-order valence-electron chi connectivity index (χ4n) is 3.18. The average Bonchev–Trinajstić information content (AvgIpc) is 2.61. The first-order chi connectivity index (χ1) is 10.8. The summed E-state index contributed by atoms with van der Waals surface area (Å²) in [7, 11) is 0. The first-order valence-corrected chi connectivity index (χ1v) is 8.26. The molecule has 0 unspecified atom stereocenters. The van der Waals surface area contributed by atoms with Gasteiger partial charge in [0.05, 0.1) is 6.61 Å². The second-order valence-electron chi connectivity index (χ2n) is 6.17. The van der Waals surface area contributed by atoms with Gasteiger partial charge in [0.2, 0.25) is 0 Å². The third-order valence-corrected chi connectivity index (χ3v) is 4.57. The van der Waals surface area contributed by atoms with Crippen LogP contribution in [0.4, 0.5) is 0 Å². The van der Waals surface area contributed by atoms with Gasteiger partial charge in [-0.05, 0) is 47.6 Å². The number of benzene rings is 2. The van der Waals surface area contributed by atoms with Gasteiger partial charge in [-0.2, -0.15) is 0 Å². The van der Waals surface area contributed by atoms with Crippen LogP contribution in [0.5, 0.6) is 5.75 Å². The summed E-state index contributed by atoms with van der Waals surface area (Å²) in [5, 5.41) is 9.03. The minimum absolute atomic E-state index is 0.0723. The van der Waals surface area contributed by atoms with Crippen molar-refractivity contribution in [2.75, 3.05) is 0 Å². The third-order valence-electron chi connectivity index (χ3n) is 4.57. The van der Waals surface area contributed by atoms with E-state index in [-0.39, 0.29) is 6.61 Å². The van der Waals surface area contributed by atoms with E-state index < -0.39 is 0 Å². The molecule has 1 fully saturated rings. The maximum Gasteiger partial charge on any atom is 0.119 e. The molecule has 0 bridgehead atoms. The van der Waals surface area contributed by atoms with E-state index in [4.69, 9.17) is 9.84 Å². The zero-order valence-electron chi connectivity index (χ0n) is 13.0. The number of aliphatic hydroxyl groups excluding tert-OH is 1. The smallest absolute Gasteiger partial charge is 0.119 e. The summed E-state index contributed by atoms with van der Waals surface area (Å²) in [6, 6.07) is 16.5. The van der Waals surface area contributed by atoms with Crippen LogP contribution in [0.2, 0.25) is 0 Å². The molecule has 0 amide bonds. The van der Waals surface area contributed by atoms with Crippen LogP contribution in [0.15, 0.2) is 48.5 Å². The van der Waals surface area contributed by atoms with Gasteiger partial charge in [-0.15, -0.1) is 0 Å². The molecule has 0 atom stereocenters. The highest BCUT2D eigenvalue weighted by atomic mass is 16.5. The van der Waals surface area contributed by atoms with E-state index >= 15 is 0 Å². The van der Waals surface area contributed by atoms with Gasteiger partial charge in [-0.25, -0.2) is 0 Å². The molecule has 116 valence electrons. The van der Waals surface area contributed by atoms with Crippen LogP contribution in [0.25, 0.3) is 0 Å². The van der Waals surface area contributed by atoms with Gasteiger partial charge >= 0.3 is 0 Å². The van der Waals surface area contributed by atoms with Gasteiger partial charge in [0.1, 0.15) is 12.4 Å². The van der Waals surface area contributed by atoms with Gasteiger partial charge in [0, 0.05) is 0 Å². The van der Waals surface area contributed by atoms with Crippen molar-refractivity contribution in [2.45, 2.75) is 51.2 Å². The van der Waals surface area contributed by atoms with Crippen LogP contribution in [-0.2, 0) is 13.2 Å². The quantitative estimate of drug-likeness (QED) is 0.858. The molecule has 0 aromatic heterocycles. The molecule has 0 radical (unpaired) electrons. The molecule has 2 aromatic rings. The van der Waals surface area contributed by atoms with Crippen LogP contribution in [-0.4, -0.2) is 5.11 Å². The fraction of sp³-hybridized carbons (Fsp3) is 0.400. The van der Waals surface area contributed by atoms with Crippen molar-refractivity contribution in [3.8, 4) is 5.75 Å². The topological polar surface area (TPSA) is 29.5 Å². The lowest BCUT2D eigenvalue weighted by Gasteiger charge is -2.22. The summed E-state index contributed by atoms with van der Waals surface area (Å²) in [6.07, 6.45) is 6.83. The molecule has 0 aliphatic heterocycles. The molecule has 1 aliphatic carbocycles. The summed E-state index contributed by atoms with van der Waals surface area (Å²) in [5.41, 5.74) is 3.59. The Morgan fingerprint density at radius 1 is 0.818 bits per heavy atom. The molecular formula is C20H24O2. The fourth-order valence-corrected chi connectivity index (χ4v) is 3.18. The van der Waals surface area contributed by atoms with Crippen molar-refractivity contribution < 1.29 is 9.84 Å². The number of aliphatic hydroxyl groups is 1. The molecule has 0 spiro atoms. The zero-order chi connectivity index (χ0) is 15.2. The molecule has 22 heavy (non-hydrogen) atoms. The number of hydrogen-bond acceptors (Lipinski definition) is 2. The van der Waals surface area contributed by atoms with Crippen molar-refractivity contribution >= 4 is 0 Å². The van der Waals surface area contributed by atoms with E-state index in [1.807, 2.05) is 24.3 Å². The Labute approximate surface area is 132 Å². The van der Waals surface area contributed by atoms with Gasteiger partial charge in [-0.3, -0.25) is 0 Å². The predicted molar refractivity (Wildman–Crippen MR) is 89.0 cm³/mol. The highest BCUT2D eigenvalue weighted by Crippen LogP contribution is 2.32. The van der Waals surface area contributed by atoms with Crippen molar-refractivity contribution in [3.63, 3.8) is 0 Å². The van der Waals surface area contributed by atoms with Gasteiger partial charge in [0.25, 0.3) is 0 Å². The Morgan fingerprint density at radius 2 is 1.45 bits per heavy atom. The lowest BCUT2D eigenvalue weighted by molar-refractivity contribution is 0.280. The van der Waals surface area contributed by atoms with E-state index in [1.54, 1.807) is 0 Å². The minimum atomic E-state index is 0.0723. The normalized spacial score (nSPS) is 15.7. The Kier molecular flexibility index (Phi) is 5.12. The molecular weight excluding hydrogens is 272 g/mol. The first-order valence-electron chi connectivity index (χ1n) is 8.26. The molecule has 2 heteroatoms. The van der Waals surface area contributed by atoms with Crippen LogP contribution in [0.3, 0.4) is 0 Å². The SMILES string of the molecule is OCc1ccc(OCc2ccc(C3CCCCC3)cc2)cc1. The van der Waals surface area contributed by atoms with Crippen molar-refractivity contribution in [1.29, 1.82) is 0 Å². The van der Waals surface area contributed by atoms with E-state index in [9.17, 15) is 0 Å². The lowest BCUT2D eigenvalue weighted by Crippen LogP contribution is -2.04. The van der Waals surface area contributed by atoms with Crippen molar-refractivity contribution in [2.24, 2.45) is 0 Å². The van der Waals surface area contributed by atoms with E-state index in [2.05, 4.69) is 24.3 Å². The molecule has 0 saturated heterocycles. The average molecular weight is 296 g/mol. The van der Waals surface area contributed by atoms with E-state index in [0.29, 0.717) is 6.61 Å². The zero-order valence-corrected chi connectivity index (χ0v) is 13.0. The second kappa shape index (κ2) is 7.46. The summed E-state index contributed by atoms with van der Waals surface area (Å²) < 4.78 is 5.80.